The molecular weight excluding hydrogens is 306 g/mol. The van der Waals surface area contributed by atoms with E-state index in [2.05, 4.69) is 46.6 Å². The fourth-order valence-electron chi connectivity index (χ4n) is 2.87. The Morgan fingerprint density at radius 3 is 2.78 bits per heavy atom. The monoisotopic (exact) mass is 325 g/mol. The number of hydrogen-bond donors (Lipinski definition) is 0. The van der Waals surface area contributed by atoms with E-state index in [0.29, 0.717) is 5.95 Å². The molecule has 0 saturated carbocycles. The van der Waals surface area contributed by atoms with Crippen molar-refractivity contribution in [3.05, 3.63) is 76.4 Å². The van der Waals surface area contributed by atoms with E-state index in [1.807, 2.05) is 19.1 Å². The highest BCUT2D eigenvalue weighted by molar-refractivity contribution is 6.31. The van der Waals surface area contributed by atoms with Gasteiger partial charge in [-0.05, 0) is 63.0 Å². The van der Waals surface area contributed by atoms with Gasteiger partial charge in [0.15, 0.2) is 0 Å². The minimum Gasteiger partial charge on any atom is -0.281 e. The van der Waals surface area contributed by atoms with E-state index in [9.17, 15) is 0 Å². The fraction of sp³-hybridized carbons (Fsp3) is 0.263. The summed E-state index contributed by atoms with van der Waals surface area (Å²) in [7, 11) is 0. The first-order valence-electron chi connectivity index (χ1n) is 7.76. The molecule has 0 bridgehead atoms. The topological polar surface area (TPSA) is 29.0 Å². The highest BCUT2D eigenvalue weighted by atomic mass is 35.5. The maximum atomic E-state index is 6.48. The van der Waals surface area contributed by atoms with Crippen LogP contribution in [-0.2, 0) is 0 Å². The number of rotatable bonds is 3. The van der Waals surface area contributed by atoms with Gasteiger partial charge < -0.3 is 0 Å². The van der Waals surface area contributed by atoms with E-state index in [-0.39, 0.29) is 0 Å². The van der Waals surface area contributed by atoms with Crippen LogP contribution in [0.15, 0.2) is 70.7 Å². The van der Waals surface area contributed by atoms with Gasteiger partial charge in [0.05, 0.1) is 5.03 Å². The van der Waals surface area contributed by atoms with Crippen LogP contribution in [0, 0.1) is 6.92 Å². The molecule has 0 saturated heterocycles. The molecule has 1 aromatic heterocycles. The molecule has 0 unspecified atom stereocenters. The molecule has 2 aliphatic carbocycles. The standard InChI is InChI=1S/C19H20ClN3/c1-13-10-14(2)12-16(11-13)23(18-7-5-4-6-17(18)20)19-21-9-8-15(3)22-19/h4,6,8-9,11-12H,1,5,7,10H2,2-3H3. The zero-order chi connectivity index (χ0) is 16.4. The van der Waals surface area contributed by atoms with Crippen LogP contribution in [0.3, 0.4) is 0 Å². The Balaban J connectivity index is 2.15. The predicted octanol–water partition coefficient (Wildman–Crippen LogP) is 5.18. The molecule has 2 aliphatic rings. The third-order valence-corrected chi connectivity index (χ3v) is 4.19. The molecule has 0 aliphatic heterocycles. The number of aryl methyl sites for hydroxylation is 1. The van der Waals surface area contributed by atoms with Gasteiger partial charge in [-0.25, -0.2) is 9.97 Å². The lowest BCUT2D eigenvalue weighted by atomic mass is 9.99. The molecule has 0 amide bonds. The zero-order valence-electron chi connectivity index (χ0n) is 13.5. The minimum absolute atomic E-state index is 0.651. The Morgan fingerprint density at radius 2 is 2.09 bits per heavy atom. The van der Waals surface area contributed by atoms with Gasteiger partial charge >= 0.3 is 0 Å². The second kappa shape index (κ2) is 6.55. The summed E-state index contributed by atoms with van der Waals surface area (Å²) in [6.07, 6.45) is 12.8. The number of aromatic nitrogens is 2. The van der Waals surface area contributed by atoms with Crippen LogP contribution in [0.5, 0.6) is 0 Å². The van der Waals surface area contributed by atoms with Crippen molar-refractivity contribution >= 4 is 17.5 Å². The Labute approximate surface area is 142 Å². The van der Waals surface area contributed by atoms with E-state index in [1.54, 1.807) is 6.20 Å². The molecule has 1 heterocycles. The summed E-state index contributed by atoms with van der Waals surface area (Å²) in [5.74, 6) is 0.651. The molecule has 3 nitrogen and oxygen atoms in total. The Hall–Kier alpha value is -2.13. The van der Waals surface area contributed by atoms with Crippen LogP contribution in [0.25, 0.3) is 0 Å². The van der Waals surface area contributed by atoms with E-state index in [0.717, 1.165) is 47.0 Å². The van der Waals surface area contributed by atoms with Gasteiger partial charge in [0, 0.05) is 23.3 Å². The molecule has 0 N–H and O–H groups in total. The van der Waals surface area contributed by atoms with Crippen molar-refractivity contribution in [1.29, 1.82) is 0 Å². The molecule has 4 heteroatoms. The normalized spacial score (nSPS) is 18.0. The van der Waals surface area contributed by atoms with Crippen molar-refractivity contribution in [2.75, 3.05) is 4.90 Å². The average molecular weight is 326 g/mol. The van der Waals surface area contributed by atoms with Gasteiger partial charge in [-0.1, -0.05) is 29.8 Å². The fourth-order valence-corrected chi connectivity index (χ4v) is 3.14. The highest BCUT2D eigenvalue weighted by Gasteiger charge is 2.23. The largest absolute Gasteiger partial charge is 0.281 e. The summed E-state index contributed by atoms with van der Waals surface area (Å²) in [4.78, 5) is 11.1. The van der Waals surface area contributed by atoms with Crippen LogP contribution < -0.4 is 4.90 Å². The lowest BCUT2D eigenvalue weighted by molar-refractivity contribution is 0.860. The quantitative estimate of drug-likeness (QED) is 0.766. The van der Waals surface area contributed by atoms with Crippen molar-refractivity contribution in [3.8, 4) is 0 Å². The molecule has 23 heavy (non-hydrogen) atoms. The van der Waals surface area contributed by atoms with Gasteiger partial charge in [0.25, 0.3) is 0 Å². The van der Waals surface area contributed by atoms with Crippen molar-refractivity contribution < 1.29 is 0 Å². The highest BCUT2D eigenvalue weighted by Crippen LogP contribution is 2.34. The Kier molecular flexibility index (Phi) is 4.49. The SMILES string of the molecule is C=C1C=C(N(C2=C(Cl)C=CCC2)c2nccc(C)n2)C=C(C)C1. The van der Waals surface area contributed by atoms with Crippen molar-refractivity contribution in [2.24, 2.45) is 0 Å². The maximum absolute atomic E-state index is 6.48. The minimum atomic E-state index is 0.651. The zero-order valence-corrected chi connectivity index (χ0v) is 14.3. The summed E-state index contributed by atoms with van der Waals surface area (Å²) in [5, 5.41) is 0.740. The summed E-state index contributed by atoms with van der Waals surface area (Å²) in [5.41, 5.74) is 5.34. The third kappa shape index (κ3) is 3.45. The number of nitrogens with zero attached hydrogens (tertiary/aromatic N) is 3. The first-order chi connectivity index (χ1) is 11.0. The molecule has 3 rings (SSSR count). The van der Waals surface area contributed by atoms with Gasteiger partial charge in [-0.15, -0.1) is 0 Å². The van der Waals surface area contributed by atoms with Gasteiger partial charge in [-0.2, -0.15) is 0 Å². The second-order valence-corrected chi connectivity index (χ2v) is 6.37. The van der Waals surface area contributed by atoms with Crippen LogP contribution in [0.1, 0.15) is 31.9 Å². The summed E-state index contributed by atoms with van der Waals surface area (Å²) >= 11 is 6.48. The summed E-state index contributed by atoms with van der Waals surface area (Å²) in [6, 6.07) is 1.90. The first-order valence-corrected chi connectivity index (χ1v) is 8.14. The van der Waals surface area contributed by atoms with Crippen molar-refractivity contribution in [2.45, 2.75) is 33.1 Å². The second-order valence-electron chi connectivity index (χ2n) is 5.96. The molecule has 0 radical (unpaired) electrons. The molecule has 0 spiro atoms. The van der Waals surface area contributed by atoms with Gasteiger partial charge in [0.1, 0.15) is 0 Å². The lowest BCUT2D eigenvalue weighted by Gasteiger charge is -2.30. The number of anilines is 1. The lowest BCUT2D eigenvalue weighted by Crippen LogP contribution is -2.26. The summed E-state index contributed by atoms with van der Waals surface area (Å²) in [6.45, 7) is 8.21. The number of allylic oxidation sites excluding steroid dienone is 8. The number of hydrogen-bond acceptors (Lipinski definition) is 3. The Morgan fingerprint density at radius 1 is 1.26 bits per heavy atom. The predicted molar refractivity (Wildman–Crippen MR) is 96.1 cm³/mol. The van der Waals surface area contributed by atoms with Crippen LogP contribution in [0.2, 0.25) is 0 Å². The van der Waals surface area contributed by atoms with Crippen LogP contribution in [-0.4, -0.2) is 9.97 Å². The average Bonchev–Trinajstić information content (AvgIpc) is 2.49. The van der Waals surface area contributed by atoms with E-state index < -0.39 is 0 Å². The molecule has 0 atom stereocenters. The van der Waals surface area contributed by atoms with Gasteiger partial charge in [0.2, 0.25) is 5.95 Å². The van der Waals surface area contributed by atoms with Crippen LogP contribution >= 0.6 is 11.6 Å². The molecule has 0 fully saturated rings. The van der Waals surface area contributed by atoms with Crippen molar-refractivity contribution in [1.82, 2.24) is 9.97 Å². The number of halogens is 1. The molecule has 1 aromatic rings. The molecule has 118 valence electrons. The van der Waals surface area contributed by atoms with E-state index in [4.69, 9.17) is 11.6 Å². The summed E-state index contributed by atoms with van der Waals surface area (Å²) < 4.78 is 0. The van der Waals surface area contributed by atoms with Gasteiger partial charge in [-0.3, -0.25) is 4.90 Å². The first kappa shape index (κ1) is 15.8. The molecular formula is C19H20ClN3. The smallest absolute Gasteiger partial charge is 0.234 e. The Bertz CT molecular complexity index is 769. The third-order valence-electron chi connectivity index (χ3n) is 3.85. The van der Waals surface area contributed by atoms with Crippen molar-refractivity contribution in [3.63, 3.8) is 0 Å². The molecule has 0 aromatic carbocycles. The van der Waals surface area contributed by atoms with E-state index >= 15 is 0 Å². The maximum Gasteiger partial charge on any atom is 0.234 e. The van der Waals surface area contributed by atoms with Crippen LogP contribution in [0.4, 0.5) is 5.95 Å². The van der Waals surface area contributed by atoms with E-state index in [1.165, 1.54) is 5.57 Å².